The molecule has 3 rings (SSSR count). The highest BCUT2D eigenvalue weighted by molar-refractivity contribution is 7.91. The van der Waals surface area contributed by atoms with E-state index in [0.717, 1.165) is 6.20 Å². The molecule has 0 aliphatic heterocycles. The molecule has 136 valence electrons. The van der Waals surface area contributed by atoms with E-state index >= 15 is 0 Å². The molecule has 2 aromatic rings. The molecule has 0 saturated heterocycles. The minimum atomic E-state index is -4.54. The molecule has 0 spiro atoms. The van der Waals surface area contributed by atoms with Gasteiger partial charge in [0.15, 0.2) is 5.69 Å². The maximum Gasteiger partial charge on any atom is 0.434 e. The molecule has 1 fully saturated rings. The van der Waals surface area contributed by atoms with Gasteiger partial charge in [0.1, 0.15) is 15.7 Å². The fraction of sp³-hybridized carbons (Fsp3) is 0.500. The van der Waals surface area contributed by atoms with Crippen molar-refractivity contribution in [1.29, 1.82) is 0 Å². The molecule has 1 saturated carbocycles. The molecule has 0 amide bonds. The van der Waals surface area contributed by atoms with Gasteiger partial charge in [-0.2, -0.15) is 13.2 Å². The SMILES string of the molecule is CS(=O)(=O)C1CCC(n2cc(C(F)(F)F)nc2-c2cccnc2)CC1. The number of imidazole rings is 1. The van der Waals surface area contributed by atoms with E-state index in [-0.39, 0.29) is 11.9 Å². The van der Waals surface area contributed by atoms with Gasteiger partial charge in [-0.3, -0.25) is 4.98 Å². The lowest BCUT2D eigenvalue weighted by Crippen LogP contribution is -2.27. The van der Waals surface area contributed by atoms with Gasteiger partial charge >= 0.3 is 6.18 Å². The third-order valence-electron chi connectivity index (χ3n) is 4.59. The summed E-state index contributed by atoms with van der Waals surface area (Å²) in [5.41, 5.74) is -0.445. The normalized spacial score (nSPS) is 22.1. The Morgan fingerprint density at radius 2 is 1.88 bits per heavy atom. The van der Waals surface area contributed by atoms with E-state index in [4.69, 9.17) is 0 Å². The smallest absolute Gasteiger partial charge is 0.327 e. The van der Waals surface area contributed by atoms with Crippen LogP contribution in [0.2, 0.25) is 0 Å². The van der Waals surface area contributed by atoms with Gasteiger partial charge in [0, 0.05) is 36.5 Å². The Morgan fingerprint density at radius 3 is 2.40 bits per heavy atom. The highest BCUT2D eigenvalue weighted by Gasteiger charge is 2.37. The summed E-state index contributed by atoms with van der Waals surface area (Å²) < 4.78 is 64.2. The van der Waals surface area contributed by atoms with Crippen molar-refractivity contribution in [3.63, 3.8) is 0 Å². The minimum Gasteiger partial charge on any atom is -0.327 e. The Kier molecular flexibility index (Phi) is 4.61. The van der Waals surface area contributed by atoms with Crippen molar-refractivity contribution in [2.45, 2.75) is 43.2 Å². The monoisotopic (exact) mass is 373 g/mol. The van der Waals surface area contributed by atoms with Crippen LogP contribution in [-0.2, 0) is 16.0 Å². The predicted octanol–water partition coefficient (Wildman–Crippen LogP) is 3.49. The summed E-state index contributed by atoms with van der Waals surface area (Å²) in [5.74, 6) is 0.211. The molecule has 1 aliphatic carbocycles. The maximum atomic E-state index is 13.1. The van der Waals surface area contributed by atoms with E-state index < -0.39 is 27.0 Å². The van der Waals surface area contributed by atoms with Crippen LogP contribution < -0.4 is 0 Å². The van der Waals surface area contributed by atoms with Gasteiger partial charge in [0.2, 0.25) is 0 Å². The first-order valence-electron chi connectivity index (χ1n) is 7.91. The Labute approximate surface area is 143 Å². The molecule has 5 nitrogen and oxygen atoms in total. The van der Waals surface area contributed by atoms with Gasteiger partial charge in [-0.15, -0.1) is 0 Å². The zero-order valence-electron chi connectivity index (χ0n) is 13.6. The van der Waals surface area contributed by atoms with Gasteiger partial charge in [-0.1, -0.05) is 0 Å². The Balaban J connectivity index is 1.94. The van der Waals surface area contributed by atoms with Crippen molar-refractivity contribution in [2.24, 2.45) is 0 Å². The van der Waals surface area contributed by atoms with E-state index in [1.54, 1.807) is 18.3 Å². The van der Waals surface area contributed by atoms with Crippen molar-refractivity contribution in [3.05, 3.63) is 36.4 Å². The van der Waals surface area contributed by atoms with Gasteiger partial charge in [0.05, 0.1) is 5.25 Å². The summed E-state index contributed by atoms with van der Waals surface area (Å²) in [7, 11) is -3.13. The first-order chi connectivity index (χ1) is 11.7. The second-order valence-electron chi connectivity index (χ2n) is 6.36. The average molecular weight is 373 g/mol. The predicted molar refractivity (Wildman–Crippen MR) is 86.6 cm³/mol. The second-order valence-corrected chi connectivity index (χ2v) is 8.68. The summed E-state index contributed by atoms with van der Waals surface area (Å²) in [4.78, 5) is 7.72. The van der Waals surface area contributed by atoms with E-state index in [1.165, 1.54) is 17.0 Å². The molecule has 0 N–H and O–H groups in total. The van der Waals surface area contributed by atoms with Crippen LogP contribution >= 0.6 is 0 Å². The quantitative estimate of drug-likeness (QED) is 0.826. The van der Waals surface area contributed by atoms with Gasteiger partial charge in [-0.25, -0.2) is 13.4 Å². The highest BCUT2D eigenvalue weighted by atomic mass is 32.2. The number of hydrogen-bond acceptors (Lipinski definition) is 4. The van der Waals surface area contributed by atoms with Crippen LogP contribution in [-0.4, -0.2) is 34.5 Å². The first-order valence-corrected chi connectivity index (χ1v) is 9.87. The second kappa shape index (κ2) is 6.44. The zero-order chi connectivity index (χ0) is 18.2. The van der Waals surface area contributed by atoms with Crippen molar-refractivity contribution >= 4 is 9.84 Å². The number of pyridine rings is 1. The van der Waals surface area contributed by atoms with Gasteiger partial charge < -0.3 is 4.57 Å². The summed E-state index contributed by atoms with van der Waals surface area (Å²) in [6, 6.07) is 3.09. The van der Waals surface area contributed by atoms with E-state index in [0.29, 0.717) is 31.2 Å². The van der Waals surface area contributed by atoms with E-state index in [2.05, 4.69) is 9.97 Å². The van der Waals surface area contributed by atoms with Crippen molar-refractivity contribution in [3.8, 4) is 11.4 Å². The van der Waals surface area contributed by atoms with Crippen LogP contribution in [0.1, 0.15) is 37.4 Å². The number of rotatable bonds is 3. The minimum absolute atomic E-state index is 0.211. The van der Waals surface area contributed by atoms with Crippen molar-refractivity contribution in [2.75, 3.05) is 6.26 Å². The van der Waals surface area contributed by atoms with Gasteiger partial charge in [0.25, 0.3) is 0 Å². The number of hydrogen-bond donors (Lipinski definition) is 0. The lowest BCUT2D eigenvalue weighted by Gasteiger charge is -2.29. The summed E-state index contributed by atoms with van der Waals surface area (Å²) >= 11 is 0. The summed E-state index contributed by atoms with van der Waals surface area (Å²) in [6.45, 7) is 0. The molecule has 9 heteroatoms. The van der Waals surface area contributed by atoms with E-state index in [1.807, 2.05) is 0 Å². The standard InChI is InChI=1S/C16H18F3N3O2S/c1-25(23,24)13-6-4-12(5-7-13)22-10-14(16(17,18)19)21-15(22)11-3-2-8-20-9-11/h2-3,8-10,12-13H,4-7H2,1H3. The first kappa shape index (κ1) is 17.9. The average Bonchev–Trinajstić information content (AvgIpc) is 3.00. The van der Waals surface area contributed by atoms with Crippen LogP contribution in [0.25, 0.3) is 11.4 Å². The molecule has 1 aliphatic rings. The van der Waals surface area contributed by atoms with E-state index in [9.17, 15) is 21.6 Å². The molecule has 0 radical (unpaired) electrons. The number of aromatic nitrogens is 3. The Bertz CT molecular complexity index is 839. The topological polar surface area (TPSA) is 64.8 Å². The highest BCUT2D eigenvalue weighted by Crippen LogP contribution is 2.37. The molecule has 2 aromatic heterocycles. The zero-order valence-corrected chi connectivity index (χ0v) is 14.4. The molecule has 0 bridgehead atoms. The third kappa shape index (κ3) is 3.86. The fourth-order valence-corrected chi connectivity index (χ4v) is 4.40. The van der Waals surface area contributed by atoms with Crippen LogP contribution in [0, 0.1) is 0 Å². The van der Waals surface area contributed by atoms with Crippen molar-refractivity contribution in [1.82, 2.24) is 14.5 Å². The third-order valence-corrected chi connectivity index (χ3v) is 6.27. The molecule has 25 heavy (non-hydrogen) atoms. The fourth-order valence-electron chi connectivity index (χ4n) is 3.27. The molecular formula is C16H18F3N3O2S. The summed E-state index contributed by atoms with van der Waals surface area (Å²) in [6.07, 6.45) is 2.58. The van der Waals surface area contributed by atoms with Crippen LogP contribution in [0.5, 0.6) is 0 Å². The molecule has 0 unspecified atom stereocenters. The van der Waals surface area contributed by atoms with Crippen LogP contribution in [0.4, 0.5) is 13.2 Å². The molecule has 0 aromatic carbocycles. The largest absolute Gasteiger partial charge is 0.434 e. The number of halogens is 3. The number of alkyl halides is 3. The Hall–Kier alpha value is -1.90. The lowest BCUT2D eigenvalue weighted by molar-refractivity contribution is -0.140. The number of sulfone groups is 1. The van der Waals surface area contributed by atoms with Crippen molar-refractivity contribution < 1.29 is 21.6 Å². The maximum absolute atomic E-state index is 13.1. The summed E-state index contributed by atoms with van der Waals surface area (Å²) in [5, 5.41) is -0.420. The van der Waals surface area contributed by atoms with Gasteiger partial charge in [-0.05, 0) is 37.8 Å². The van der Waals surface area contributed by atoms with Crippen LogP contribution in [0.15, 0.2) is 30.7 Å². The van der Waals surface area contributed by atoms with Crippen LogP contribution in [0.3, 0.4) is 0 Å². The lowest BCUT2D eigenvalue weighted by atomic mass is 9.94. The molecule has 2 heterocycles. The molecule has 0 atom stereocenters. The number of nitrogens with zero attached hydrogens (tertiary/aromatic N) is 3. The Morgan fingerprint density at radius 1 is 1.20 bits per heavy atom. The molecular weight excluding hydrogens is 355 g/mol.